The number of aliphatic carboxylic acids is 1. The Balaban J connectivity index is 0. The number of aryl methyl sites for hydroxylation is 9. The van der Waals surface area contributed by atoms with Crippen LogP contribution in [0.25, 0.3) is 0 Å². The van der Waals surface area contributed by atoms with E-state index in [1.165, 1.54) is 50.1 Å². The van der Waals surface area contributed by atoms with Crippen molar-refractivity contribution in [3.63, 3.8) is 0 Å². The number of carbonyl (C=O) groups is 4. The van der Waals surface area contributed by atoms with E-state index in [9.17, 15) is 14.4 Å². The highest BCUT2D eigenvalue weighted by molar-refractivity contribution is 15.0. The van der Waals surface area contributed by atoms with E-state index in [0.29, 0.717) is 0 Å². The van der Waals surface area contributed by atoms with Gasteiger partial charge >= 0.3 is 11.8 Å². The third kappa shape index (κ3) is 16.8. The Labute approximate surface area is 352 Å². The molecule has 0 radical (unpaired) electrons. The molecule has 0 saturated heterocycles. The largest absolute Gasteiger partial charge is 0.481 e. The highest BCUT2D eigenvalue weighted by atomic mass is 128. The van der Waals surface area contributed by atoms with Gasteiger partial charge in [0.1, 0.15) is 0 Å². The normalized spacial score (nSPS) is 11.7. The molecule has 56 heavy (non-hydrogen) atoms. The Hall–Kier alpha value is -4.28. The first-order chi connectivity index (χ1) is 25.9. The van der Waals surface area contributed by atoms with E-state index in [4.69, 9.17) is 15.0 Å². The van der Waals surface area contributed by atoms with E-state index in [1.54, 1.807) is 10.9 Å². The molecule has 0 saturated carbocycles. The number of aldehydes is 1. The van der Waals surface area contributed by atoms with Crippen LogP contribution in [0.15, 0.2) is 56.8 Å². The van der Waals surface area contributed by atoms with Crippen LogP contribution in [-0.4, -0.2) is 64.2 Å². The van der Waals surface area contributed by atoms with E-state index in [-0.39, 0.29) is 6.15 Å². The van der Waals surface area contributed by atoms with E-state index >= 15 is 0 Å². The topological polar surface area (TPSA) is 269 Å². The second kappa shape index (κ2) is 27.3. The maximum absolute atomic E-state index is 10.6. The van der Waals surface area contributed by atoms with Gasteiger partial charge in [-0.2, -0.15) is 20.4 Å². The molecule has 2 aliphatic rings. The molecule has 2 aliphatic heterocycles. The summed E-state index contributed by atoms with van der Waals surface area (Å²) in [7, 11) is 1.00. The summed E-state index contributed by atoms with van der Waals surface area (Å²) in [6.07, 6.45) is 2.36. The van der Waals surface area contributed by atoms with Crippen molar-refractivity contribution in [1.29, 1.82) is 0 Å². The zero-order valence-electron chi connectivity index (χ0n) is 33.9. The molecule has 2 amide bonds. The van der Waals surface area contributed by atoms with Gasteiger partial charge in [-0.1, -0.05) is 53.1 Å². The number of carboxylic acids is 1. The van der Waals surface area contributed by atoms with Crippen LogP contribution in [0.1, 0.15) is 91.3 Å². The lowest BCUT2D eigenvalue weighted by molar-refractivity contribution is -0.139. The lowest BCUT2D eigenvalue weighted by Gasteiger charge is -2.12. The highest BCUT2D eigenvalue weighted by Gasteiger charge is 2.26. The fourth-order valence-corrected chi connectivity index (χ4v) is 6.07. The molecule has 11 N–H and O–H groups in total. The third-order valence-corrected chi connectivity index (χ3v) is 7.84. The summed E-state index contributed by atoms with van der Waals surface area (Å²) < 4.78 is 0. The average molecular weight is 1000 g/mol. The molecule has 0 aromatic heterocycles. The minimum atomic E-state index is -0.965. The Morgan fingerprint density at radius 3 is 1.05 bits per heavy atom. The van der Waals surface area contributed by atoms with Crippen LogP contribution in [0.3, 0.4) is 0 Å². The summed E-state index contributed by atoms with van der Waals surface area (Å²) in [6, 6.07) is 12.9. The van der Waals surface area contributed by atoms with Gasteiger partial charge < -0.3 is 16.4 Å². The zero-order chi connectivity index (χ0) is 42.6. The Morgan fingerprint density at radius 1 is 0.589 bits per heavy atom. The number of hydrazine groups is 2. The lowest BCUT2D eigenvalue weighted by Crippen LogP contribution is -2.45. The van der Waals surface area contributed by atoms with Crippen molar-refractivity contribution in [3.8, 4) is 0 Å². The zero-order valence-corrected chi connectivity index (χ0v) is 38.2. The van der Waals surface area contributed by atoms with Gasteiger partial charge in [-0.05, 0) is 95.7 Å². The maximum Gasteiger partial charge on any atom is 0.324 e. The van der Waals surface area contributed by atoms with Crippen LogP contribution >= 0.6 is 37.2 Å². The molecule has 0 spiro atoms. The number of nitrogens with zero attached hydrogens (tertiary/aromatic N) is 4. The quantitative estimate of drug-likeness (QED) is 0.0382. The number of aliphatic hydroxyl groups is 1. The maximum atomic E-state index is 10.6. The van der Waals surface area contributed by atoms with Crippen molar-refractivity contribution in [1.82, 2.24) is 17.0 Å². The third-order valence-electron chi connectivity index (χ3n) is 7.84. The summed E-state index contributed by atoms with van der Waals surface area (Å²) in [6.45, 7) is 19.9. The number of amides is 2. The van der Waals surface area contributed by atoms with E-state index < -0.39 is 17.8 Å². The molecule has 0 fully saturated rings. The van der Waals surface area contributed by atoms with Crippen molar-refractivity contribution in [3.05, 3.63) is 103 Å². The number of aliphatic hydroxyl groups excluding tert-OH is 1. The van der Waals surface area contributed by atoms with Gasteiger partial charge in [-0.3, -0.25) is 30.0 Å². The molecule has 0 unspecified atom stereocenters. The second-order valence-electron chi connectivity index (χ2n) is 12.5. The van der Waals surface area contributed by atoms with Crippen LogP contribution in [0.5, 0.6) is 0 Å². The van der Waals surface area contributed by atoms with Gasteiger partial charge in [0.15, 0.2) is 6.29 Å². The van der Waals surface area contributed by atoms with E-state index in [1.807, 2.05) is 32.9 Å². The number of nitrogens with one attached hydrogen (secondary N) is 2. The minimum Gasteiger partial charge on any atom is -0.481 e. The van der Waals surface area contributed by atoms with Gasteiger partial charge in [0.25, 0.3) is 5.97 Å². The van der Waals surface area contributed by atoms with Gasteiger partial charge in [0.2, 0.25) is 0 Å². The number of halogens is 2. The molecule has 5 rings (SSSR count). The highest BCUT2D eigenvalue weighted by Crippen LogP contribution is 2.25. The first-order valence-electron chi connectivity index (χ1n) is 16.7. The molecule has 0 atom stereocenters. The molecule has 0 bridgehead atoms. The number of hydrogen-bond acceptors (Lipinski definition) is 12. The van der Waals surface area contributed by atoms with E-state index in [0.717, 1.165) is 72.7 Å². The van der Waals surface area contributed by atoms with Crippen LogP contribution in [0.4, 0.5) is 0 Å². The van der Waals surface area contributed by atoms with Crippen LogP contribution in [0, 0.1) is 62.3 Å². The minimum absolute atomic E-state index is 0. The number of rotatable bonds is 4. The van der Waals surface area contributed by atoms with Gasteiger partial charge in [0, 0.05) is 80.8 Å². The lowest BCUT2D eigenvalue weighted by atomic mass is 9.91. The SMILES string of the molecule is CC(=O)O.CO.Cc1cc(C)c(C2=NN=C(C3=NN=C(c4c(C)cc(C)cc4C)C3)C2)c(C)c1.Cc1cc(C)c(C=O)c(C)c1.II.N.NNC(=O)C(=O)NN. The van der Waals surface area contributed by atoms with Crippen LogP contribution in [0.2, 0.25) is 0 Å². The summed E-state index contributed by atoms with van der Waals surface area (Å²) in [5.74, 6) is 6.30. The predicted molar refractivity (Wildman–Crippen MR) is 244 cm³/mol. The van der Waals surface area contributed by atoms with Crippen molar-refractivity contribution in [2.24, 2.45) is 32.1 Å². The first kappa shape index (κ1) is 53.8. The van der Waals surface area contributed by atoms with Gasteiger partial charge in [0.05, 0.1) is 22.8 Å². The Kier molecular flexibility index (Phi) is 26.3. The molecule has 3 aromatic rings. The average Bonchev–Trinajstić information content (AvgIpc) is 3.79. The van der Waals surface area contributed by atoms with Crippen molar-refractivity contribution < 1.29 is 29.4 Å². The monoisotopic (exact) mass is 999 g/mol. The van der Waals surface area contributed by atoms with Gasteiger partial charge in [-0.25, -0.2) is 11.7 Å². The molecular formula is C39H55I2N9O6. The molecular weight excluding hydrogens is 944 g/mol. The Bertz CT molecular complexity index is 1800. The number of benzene rings is 3. The smallest absolute Gasteiger partial charge is 0.324 e. The number of carbonyl (C=O) groups excluding carboxylic acids is 3. The molecule has 0 aliphatic carbocycles. The fourth-order valence-electron chi connectivity index (χ4n) is 6.07. The second-order valence-corrected chi connectivity index (χ2v) is 12.5. The van der Waals surface area contributed by atoms with Crippen LogP contribution < -0.4 is 28.7 Å². The number of carboxylic acid groups (broad SMARTS) is 1. The number of nitrogens with two attached hydrogens (primary N) is 2. The molecule has 17 heteroatoms. The standard InChI is InChI=1S/C24H26N4.C10H12O.C2H6N4O2.C2H4O2.CH4O.I2.H3N/c1-13-7-15(3)23(16(4)8-13)21-11-19(25-27-21)20-12-22(28-26-20)24-17(5)9-14(2)10-18(24)6;1-7-4-8(2)10(6-11)9(3)5-7;3-5-1(7)2(8)6-4;1-2(3)4;2*1-2;/h7-10H,11-12H2,1-6H3;4-6H,1-3H3;3-4H2,(H,5,7)(H,6,8);1H3,(H,3,4);2H,1H3;;1H3. The predicted octanol–water partition coefficient (Wildman–Crippen LogP) is 6.36. The molecule has 3 aromatic carbocycles. The molecule has 306 valence electrons. The number of hydrogen-bond donors (Lipinski definition) is 7. The van der Waals surface area contributed by atoms with Crippen molar-refractivity contribution in [2.45, 2.75) is 82.1 Å². The summed E-state index contributed by atoms with van der Waals surface area (Å²) in [5.41, 5.74) is 21.3. The summed E-state index contributed by atoms with van der Waals surface area (Å²) in [5, 5.41) is 32.4. The molecule has 2 heterocycles. The van der Waals surface area contributed by atoms with Gasteiger partial charge in [-0.15, -0.1) is 0 Å². The van der Waals surface area contributed by atoms with E-state index in [2.05, 4.69) is 135 Å². The fraction of sp³-hybridized carbons (Fsp3) is 0.333. The Morgan fingerprint density at radius 2 is 0.821 bits per heavy atom. The summed E-state index contributed by atoms with van der Waals surface area (Å²) in [4.78, 5) is 39.6. The van der Waals surface area contributed by atoms with Crippen molar-refractivity contribution in [2.75, 3.05) is 7.11 Å². The van der Waals surface area contributed by atoms with Crippen LogP contribution in [-0.2, 0) is 14.4 Å². The summed E-state index contributed by atoms with van der Waals surface area (Å²) >= 11 is 4.24. The first-order valence-corrected chi connectivity index (χ1v) is 23.0. The van der Waals surface area contributed by atoms with Crippen molar-refractivity contribution >= 4 is 84.1 Å². The molecule has 15 nitrogen and oxygen atoms in total.